The predicted molar refractivity (Wildman–Crippen MR) is 105 cm³/mol. The van der Waals surface area contributed by atoms with E-state index in [1.54, 1.807) is 11.0 Å². The molecule has 0 bridgehead atoms. The number of likely N-dealkylation sites (tertiary alicyclic amines) is 2. The lowest BCUT2D eigenvalue weighted by Crippen LogP contribution is -2.53. The summed E-state index contributed by atoms with van der Waals surface area (Å²) in [5, 5.41) is 0. The highest BCUT2D eigenvalue weighted by atomic mass is 35.5. The SMILES string of the molecule is CC(N)C1CCCCN1C(=O)C1CC(=O)N(Cc2cccc(C(F)(F)F)c2)C1.Cl. The summed E-state index contributed by atoms with van der Waals surface area (Å²) in [5.74, 6) is -0.732. The molecule has 0 aliphatic carbocycles. The van der Waals surface area contributed by atoms with Crippen molar-refractivity contribution in [3.63, 3.8) is 0 Å². The van der Waals surface area contributed by atoms with Crippen LogP contribution in [0, 0.1) is 5.92 Å². The summed E-state index contributed by atoms with van der Waals surface area (Å²) < 4.78 is 38.7. The van der Waals surface area contributed by atoms with Gasteiger partial charge in [0.1, 0.15) is 0 Å². The average molecular weight is 434 g/mol. The molecule has 0 saturated carbocycles. The highest BCUT2D eigenvalue weighted by Crippen LogP contribution is 2.31. The summed E-state index contributed by atoms with van der Waals surface area (Å²) in [6.07, 6.45) is -1.52. The number of hydrogen-bond donors (Lipinski definition) is 1. The third kappa shape index (κ3) is 5.42. The van der Waals surface area contributed by atoms with Gasteiger partial charge < -0.3 is 15.5 Å². The minimum atomic E-state index is -4.42. The van der Waals surface area contributed by atoms with E-state index in [2.05, 4.69) is 0 Å². The lowest BCUT2D eigenvalue weighted by Gasteiger charge is -2.39. The van der Waals surface area contributed by atoms with E-state index in [0.29, 0.717) is 12.1 Å². The zero-order valence-electron chi connectivity index (χ0n) is 16.3. The molecule has 2 saturated heterocycles. The Hall–Kier alpha value is -1.80. The van der Waals surface area contributed by atoms with Crippen LogP contribution in [0.15, 0.2) is 24.3 Å². The van der Waals surface area contributed by atoms with Crippen LogP contribution >= 0.6 is 12.4 Å². The number of nitrogens with two attached hydrogens (primary N) is 1. The summed E-state index contributed by atoms with van der Waals surface area (Å²) in [4.78, 5) is 28.6. The topological polar surface area (TPSA) is 66.6 Å². The molecule has 29 heavy (non-hydrogen) atoms. The van der Waals surface area contributed by atoms with E-state index in [-0.39, 0.29) is 55.8 Å². The molecule has 2 N–H and O–H groups in total. The van der Waals surface area contributed by atoms with Gasteiger partial charge in [0.25, 0.3) is 0 Å². The van der Waals surface area contributed by atoms with Crippen LogP contribution in [-0.2, 0) is 22.3 Å². The summed E-state index contributed by atoms with van der Waals surface area (Å²) in [6, 6.07) is 4.80. The van der Waals surface area contributed by atoms with Crippen molar-refractivity contribution in [3.8, 4) is 0 Å². The second kappa shape index (κ2) is 9.34. The van der Waals surface area contributed by atoms with Gasteiger partial charge in [0.15, 0.2) is 0 Å². The standard InChI is InChI=1S/C20H26F3N3O2.ClH/c1-13(24)17-7-2-3-8-26(17)19(28)15-10-18(27)25(12-15)11-14-5-4-6-16(9-14)20(21,22)23;/h4-6,9,13,15,17H,2-3,7-8,10-12,24H2,1H3;1H. The lowest BCUT2D eigenvalue weighted by atomic mass is 9.94. The number of alkyl halides is 3. The van der Waals surface area contributed by atoms with Crippen molar-refractivity contribution in [2.75, 3.05) is 13.1 Å². The van der Waals surface area contributed by atoms with Gasteiger partial charge in [-0.05, 0) is 43.9 Å². The third-order valence-corrected chi connectivity index (χ3v) is 5.63. The molecule has 2 aliphatic rings. The number of benzene rings is 1. The van der Waals surface area contributed by atoms with Crippen molar-refractivity contribution in [2.45, 2.75) is 57.4 Å². The molecular weight excluding hydrogens is 407 g/mol. The van der Waals surface area contributed by atoms with E-state index in [9.17, 15) is 22.8 Å². The number of carbonyl (C=O) groups excluding carboxylic acids is 2. The zero-order chi connectivity index (χ0) is 20.5. The monoisotopic (exact) mass is 433 g/mol. The van der Waals surface area contributed by atoms with Crippen LogP contribution in [0.1, 0.15) is 43.7 Å². The smallest absolute Gasteiger partial charge is 0.338 e. The highest BCUT2D eigenvalue weighted by molar-refractivity contribution is 5.89. The van der Waals surface area contributed by atoms with E-state index >= 15 is 0 Å². The van der Waals surface area contributed by atoms with E-state index < -0.39 is 17.7 Å². The minimum absolute atomic E-state index is 0. The predicted octanol–water partition coefficient (Wildman–Crippen LogP) is 3.20. The first-order chi connectivity index (χ1) is 13.2. The maximum absolute atomic E-state index is 13.0. The van der Waals surface area contributed by atoms with E-state index in [1.807, 2.05) is 6.92 Å². The Morgan fingerprint density at radius 3 is 2.69 bits per heavy atom. The van der Waals surface area contributed by atoms with Gasteiger partial charge in [0.05, 0.1) is 11.5 Å². The molecule has 9 heteroatoms. The Bertz CT molecular complexity index is 742. The number of rotatable bonds is 4. The van der Waals surface area contributed by atoms with Gasteiger partial charge in [0, 0.05) is 38.1 Å². The fourth-order valence-corrected chi connectivity index (χ4v) is 4.17. The molecule has 2 heterocycles. The normalized spacial score (nSPS) is 23.7. The number of hydrogen-bond acceptors (Lipinski definition) is 3. The van der Waals surface area contributed by atoms with Gasteiger partial charge in [-0.25, -0.2) is 0 Å². The van der Waals surface area contributed by atoms with Gasteiger partial charge in [-0.3, -0.25) is 9.59 Å². The Kier molecular flexibility index (Phi) is 7.56. The Balaban J connectivity index is 0.00000300. The largest absolute Gasteiger partial charge is 0.416 e. The average Bonchev–Trinajstić information content (AvgIpc) is 3.01. The number of nitrogens with zero attached hydrogens (tertiary/aromatic N) is 2. The Labute approximate surface area is 174 Å². The van der Waals surface area contributed by atoms with Gasteiger partial charge in [-0.1, -0.05) is 12.1 Å². The Morgan fingerprint density at radius 1 is 1.31 bits per heavy atom. The maximum atomic E-state index is 13.0. The molecule has 3 unspecified atom stereocenters. The highest BCUT2D eigenvalue weighted by Gasteiger charge is 2.40. The van der Waals surface area contributed by atoms with Gasteiger partial charge in [0.2, 0.25) is 11.8 Å². The Morgan fingerprint density at radius 2 is 2.03 bits per heavy atom. The van der Waals surface area contributed by atoms with Crippen LogP contribution in [0.4, 0.5) is 13.2 Å². The first kappa shape index (κ1) is 23.5. The fourth-order valence-electron chi connectivity index (χ4n) is 4.17. The van der Waals surface area contributed by atoms with Crippen LogP contribution in [0.3, 0.4) is 0 Å². The van der Waals surface area contributed by atoms with Crippen molar-refractivity contribution in [1.82, 2.24) is 9.80 Å². The second-order valence-corrected chi connectivity index (χ2v) is 7.83. The number of piperidine rings is 1. The van der Waals surface area contributed by atoms with Crippen molar-refractivity contribution in [1.29, 1.82) is 0 Å². The number of amides is 2. The van der Waals surface area contributed by atoms with Crippen LogP contribution in [0.2, 0.25) is 0 Å². The molecule has 2 aliphatic heterocycles. The van der Waals surface area contributed by atoms with E-state index in [1.165, 1.54) is 11.0 Å². The number of carbonyl (C=O) groups is 2. The molecule has 162 valence electrons. The van der Waals surface area contributed by atoms with Crippen LogP contribution < -0.4 is 5.73 Å². The molecule has 2 fully saturated rings. The van der Waals surface area contributed by atoms with E-state index in [4.69, 9.17) is 5.73 Å². The summed E-state index contributed by atoms with van der Waals surface area (Å²) in [5.41, 5.74) is 5.70. The van der Waals surface area contributed by atoms with Crippen molar-refractivity contribution < 1.29 is 22.8 Å². The minimum Gasteiger partial charge on any atom is -0.338 e. The van der Waals surface area contributed by atoms with Gasteiger partial charge in [-0.15, -0.1) is 12.4 Å². The molecule has 3 atom stereocenters. The molecule has 0 spiro atoms. The first-order valence-electron chi connectivity index (χ1n) is 9.67. The maximum Gasteiger partial charge on any atom is 0.416 e. The molecule has 0 aromatic heterocycles. The third-order valence-electron chi connectivity index (χ3n) is 5.63. The summed E-state index contributed by atoms with van der Waals surface area (Å²) in [7, 11) is 0. The second-order valence-electron chi connectivity index (χ2n) is 7.83. The van der Waals surface area contributed by atoms with Crippen LogP contribution in [-0.4, -0.2) is 46.8 Å². The fraction of sp³-hybridized carbons (Fsp3) is 0.600. The number of halogens is 4. The molecule has 1 aromatic carbocycles. The quantitative estimate of drug-likeness (QED) is 0.792. The molecule has 3 rings (SSSR count). The zero-order valence-corrected chi connectivity index (χ0v) is 17.1. The summed E-state index contributed by atoms with van der Waals surface area (Å²) >= 11 is 0. The first-order valence-corrected chi connectivity index (χ1v) is 9.67. The van der Waals surface area contributed by atoms with Crippen molar-refractivity contribution in [3.05, 3.63) is 35.4 Å². The van der Waals surface area contributed by atoms with Crippen LogP contribution in [0.5, 0.6) is 0 Å². The van der Waals surface area contributed by atoms with E-state index in [0.717, 1.165) is 31.4 Å². The van der Waals surface area contributed by atoms with Crippen molar-refractivity contribution in [2.24, 2.45) is 11.7 Å². The van der Waals surface area contributed by atoms with Crippen LogP contribution in [0.25, 0.3) is 0 Å². The van der Waals surface area contributed by atoms with Gasteiger partial charge >= 0.3 is 6.18 Å². The molecule has 2 amide bonds. The molecule has 1 aromatic rings. The molecule has 0 radical (unpaired) electrons. The molecule has 5 nitrogen and oxygen atoms in total. The lowest BCUT2D eigenvalue weighted by molar-refractivity contribution is -0.140. The van der Waals surface area contributed by atoms with Crippen molar-refractivity contribution >= 4 is 24.2 Å². The molecular formula is C20H27ClF3N3O2. The van der Waals surface area contributed by atoms with Gasteiger partial charge in [-0.2, -0.15) is 13.2 Å². The summed E-state index contributed by atoms with van der Waals surface area (Å²) in [6.45, 7) is 2.83.